The maximum atomic E-state index is 5.88. The van der Waals surface area contributed by atoms with Gasteiger partial charge in [-0.3, -0.25) is 9.88 Å². The molecule has 0 spiro atoms. The van der Waals surface area contributed by atoms with Gasteiger partial charge < -0.3 is 10.5 Å². The summed E-state index contributed by atoms with van der Waals surface area (Å²) in [6.45, 7) is 8.14. The summed E-state index contributed by atoms with van der Waals surface area (Å²) in [5.41, 5.74) is 7.05. The second kappa shape index (κ2) is 8.17. The molecule has 4 nitrogen and oxygen atoms in total. The molecule has 0 fully saturated rings. The largest absolute Gasteiger partial charge is 0.380 e. The number of ether oxygens (including phenoxy) is 1. The quantitative estimate of drug-likeness (QED) is 0.695. The maximum Gasteiger partial charge on any atom is 0.0593 e. The van der Waals surface area contributed by atoms with Gasteiger partial charge in [-0.05, 0) is 25.1 Å². The third-order valence-corrected chi connectivity index (χ3v) is 2.87. The average Bonchev–Trinajstić information content (AvgIpc) is 2.39. The van der Waals surface area contributed by atoms with Crippen LogP contribution in [0.4, 0.5) is 0 Å². The number of nitrogens with zero attached hydrogens (tertiary/aromatic N) is 2. The number of likely N-dealkylation sites (N-methyl/N-ethyl adjacent to an activating group) is 1. The average molecular weight is 237 g/mol. The summed E-state index contributed by atoms with van der Waals surface area (Å²) in [5.74, 6) is 0. The first-order chi connectivity index (χ1) is 8.33. The third kappa shape index (κ3) is 4.42. The lowest BCUT2D eigenvalue weighted by atomic mass is 10.1. The smallest absolute Gasteiger partial charge is 0.0593 e. The SMILES string of the molecule is CCOCCN(CC)C(CN)c1cccnc1. The van der Waals surface area contributed by atoms with Crippen molar-refractivity contribution in [1.29, 1.82) is 0 Å². The Morgan fingerprint density at radius 3 is 2.82 bits per heavy atom. The summed E-state index contributed by atoms with van der Waals surface area (Å²) in [7, 11) is 0. The summed E-state index contributed by atoms with van der Waals surface area (Å²) < 4.78 is 5.40. The minimum Gasteiger partial charge on any atom is -0.380 e. The predicted octanol–water partition coefficient (Wildman–Crippen LogP) is 1.44. The monoisotopic (exact) mass is 237 g/mol. The number of nitrogens with two attached hydrogens (primary N) is 1. The lowest BCUT2D eigenvalue weighted by molar-refractivity contribution is 0.0980. The van der Waals surface area contributed by atoms with Crippen LogP contribution in [-0.4, -0.2) is 42.7 Å². The minimum absolute atomic E-state index is 0.231. The topological polar surface area (TPSA) is 51.4 Å². The molecule has 1 aromatic rings. The van der Waals surface area contributed by atoms with Crippen molar-refractivity contribution in [1.82, 2.24) is 9.88 Å². The molecular formula is C13H23N3O. The fourth-order valence-corrected chi connectivity index (χ4v) is 1.93. The van der Waals surface area contributed by atoms with Gasteiger partial charge in [0, 0.05) is 38.1 Å². The number of pyridine rings is 1. The van der Waals surface area contributed by atoms with E-state index in [-0.39, 0.29) is 6.04 Å². The summed E-state index contributed by atoms with van der Waals surface area (Å²) in [4.78, 5) is 6.48. The Morgan fingerprint density at radius 1 is 1.47 bits per heavy atom. The van der Waals surface area contributed by atoms with Crippen molar-refractivity contribution in [3.05, 3.63) is 30.1 Å². The van der Waals surface area contributed by atoms with Crippen molar-refractivity contribution in [2.24, 2.45) is 5.73 Å². The molecule has 4 heteroatoms. The molecule has 0 aromatic carbocycles. The van der Waals surface area contributed by atoms with Crippen LogP contribution in [0.5, 0.6) is 0 Å². The van der Waals surface area contributed by atoms with Crippen LogP contribution in [0.2, 0.25) is 0 Å². The Kier molecular flexibility index (Phi) is 6.77. The van der Waals surface area contributed by atoms with Crippen LogP contribution in [-0.2, 0) is 4.74 Å². The molecule has 1 aromatic heterocycles. The molecular weight excluding hydrogens is 214 g/mol. The Bertz CT molecular complexity index is 292. The van der Waals surface area contributed by atoms with E-state index >= 15 is 0 Å². The minimum atomic E-state index is 0.231. The normalized spacial score (nSPS) is 12.9. The van der Waals surface area contributed by atoms with Crippen LogP contribution in [0.1, 0.15) is 25.5 Å². The van der Waals surface area contributed by atoms with Crippen molar-refractivity contribution in [2.75, 3.05) is 32.8 Å². The van der Waals surface area contributed by atoms with Gasteiger partial charge in [-0.25, -0.2) is 0 Å². The molecule has 0 aliphatic rings. The molecule has 0 radical (unpaired) electrons. The fraction of sp³-hybridized carbons (Fsp3) is 0.615. The second-order valence-corrected chi connectivity index (χ2v) is 3.86. The van der Waals surface area contributed by atoms with E-state index in [1.165, 1.54) is 5.56 Å². The molecule has 17 heavy (non-hydrogen) atoms. The van der Waals surface area contributed by atoms with Crippen molar-refractivity contribution < 1.29 is 4.74 Å². The molecule has 96 valence electrons. The molecule has 1 unspecified atom stereocenters. The standard InChI is InChI=1S/C13H23N3O/c1-3-16(8-9-17-4-2)13(10-14)12-6-5-7-15-11-12/h5-7,11,13H,3-4,8-10,14H2,1-2H3. The van der Waals surface area contributed by atoms with Gasteiger partial charge in [-0.2, -0.15) is 0 Å². The molecule has 0 aliphatic heterocycles. The molecule has 0 saturated carbocycles. The van der Waals surface area contributed by atoms with E-state index in [2.05, 4.69) is 22.9 Å². The number of hydrogen-bond acceptors (Lipinski definition) is 4. The molecule has 0 bridgehead atoms. The lowest BCUT2D eigenvalue weighted by Gasteiger charge is -2.29. The number of rotatable bonds is 8. The highest BCUT2D eigenvalue weighted by Gasteiger charge is 2.17. The Balaban J connectivity index is 2.63. The first kappa shape index (κ1) is 14.1. The number of aromatic nitrogens is 1. The lowest BCUT2D eigenvalue weighted by Crippen LogP contribution is -2.36. The van der Waals surface area contributed by atoms with Crippen LogP contribution in [0.15, 0.2) is 24.5 Å². The highest BCUT2D eigenvalue weighted by molar-refractivity contribution is 5.14. The van der Waals surface area contributed by atoms with Gasteiger partial charge in [0.2, 0.25) is 0 Å². The molecule has 1 heterocycles. The molecule has 0 aliphatic carbocycles. The van der Waals surface area contributed by atoms with Crippen LogP contribution >= 0.6 is 0 Å². The van der Waals surface area contributed by atoms with E-state index < -0.39 is 0 Å². The van der Waals surface area contributed by atoms with Gasteiger partial charge in [0.1, 0.15) is 0 Å². The van der Waals surface area contributed by atoms with E-state index in [9.17, 15) is 0 Å². The van der Waals surface area contributed by atoms with Crippen LogP contribution in [0.25, 0.3) is 0 Å². The summed E-state index contributed by atoms with van der Waals surface area (Å²) in [6.07, 6.45) is 3.68. The van der Waals surface area contributed by atoms with Crippen molar-refractivity contribution in [3.63, 3.8) is 0 Å². The van der Waals surface area contributed by atoms with Crippen molar-refractivity contribution in [3.8, 4) is 0 Å². The molecule has 2 N–H and O–H groups in total. The Labute approximate surface area is 104 Å². The second-order valence-electron chi connectivity index (χ2n) is 3.86. The Morgan fingerprint density at radius 2 is 2.29 bits per heavy atom. The number of hydrogen-bond donors (Lipinski definition) is 1. The van der Waals surface area contributed by atoms with Crippen molar-refractivity contribution >= 4 is 0 Å². The zero-order chi connectivity index (χ0) is 12.5. The zero-order valence-corrected chi connectivity index (χ0v) is 10.8. The molecule has 0 amide bonds. The van der Waals surface area contributed by atoms with Crippen LogP contribution in [0.3, 0.4) is 0 Å². The van der Waals surface area contributed by atoms with Crippen LogP contribution in [0, 0.1) is 0 Å². The van der Waals surface area contributed by atoms with Crippen LogP contribution < -0.4 is 5.73 Å². The molecule has 1 atom stereocenters. The van der Waals surface area contributed by atoms with E-state index in [1.54, 1.807) is 6.20 Å². The summed E-state index contributed by atoms with van der Waals surface area (Å²) in [6, 6.07) is 4.26. The fourth-order valence-electron chi connectivity index (χ4n) is 1.93. The van der Waals surface area contributed by atoms with Gasteiger partial charge in [0.05, 0.1) is 6.61 Å². The van der Waals surface area contributed by atoms with E-state index in [1.807, 2.05) is 19.2 Å². The van der Waals surface area contributed by atoms with E-state index in [4.69, 9.17) is 10.5 Å². The van der Waals surface area contributed by atoms with Gasteiger partial charge in [-0.1, -0.05) is 13.0 Å². The summed E-state index contributed by atoms with van der Waals surface area (Å²) in [5, 5.41) is 0. The van der Waals surface area contributed by atoms with Gasteiger partial charge >= 0.3 is 0 Å². The van der Waals surface area contributed by atoms with Gasteiger partial charge in [0.15, 0.2) is 0 Å². The van der Waals surface area contributed by atoms with Gasteiger partial charge in [0.25, 0.3) is 0 Å². The zero-order valence-electron chi connectivity index (χ0n) is 10.8. The first-order valence-electron chi connectivity index (χ1n) is 6.25. The molecule has 1 rings (SSSR count). The van der Waals surface area contributed by atoms with E-state index in [0.717, 1.165) is 26.3 Å². The third-order valence-electron chi connectivity index (χ3n) is 2.87. The Hall–Kier alpha value is -0.970. The molecule has 0 saturated heterocycles. The highest BCUT2D eigenvalue weighted by atomic mass is 16.5. The van der Waals surface area contributed by atoms with E-state index in [0.29, 0.717) is 6.54 Å². The van der Waals surface area contributed by atoms with Crippen molar-refractivity contribution in [2.45, 2.75) is 19.9 Å². The highest BCUT2D eigenvalue weighted by Crippen LogP contribution is 2.17. The maximum absolute atomic E-state index is 5.88. The first-order valence-corrected chi connectivity index (χ1v) is 6.25. The predicted molar refractivity (Wildman–Crippen MR) is 69.8 cm³/mol. The summed E-state index contributed by atoms with van der Waals surface area (Å²) >= 11 is 0. The van der Waals surface area contributed by atoms with Gasteiger partial charge in [-0.15, -0.1) is 0 Å².